The number of esters is 1. The summed E-state index contributed by atoms with van der Waals surface area (Å²) in [6.07, 6.45) is 0.612. The monoisotopic (exact) mass is 355 g/mol. The first-order valence-corrected chi connectivity index (χ1v) is 9.65. The molecule has 0 saturated carbocycles. The van der Waals surface area contributed by atoms with E-state index in [0.717, 1.165) is 11.1 Å². The molecule has 0 aromatic heterocycles. The highest BCUT2D eigenvalue weighted by molar-refractivity contribution is 7.90. The summed E-state index contributed by atoms with van der Waals surface area (Å²) in [5, 5.41) is -1.06. The van der Waals surface area contributed by atoms with E-state index in [1.54, 1.807) is 6.92 Å². The molecule has 3 unspecified atom stereocenters. The normalized spacial score (nSPS) is 24.0. The van der Waals surface area contributed by atoms with Crippen molar-refractivity contribution in [3.63, 3.8) is 0 Å². The van der Waals surface area contributed by atoms with Crippen molar-refractivity contribution in [1.82, 2.24) is 15.6 Å². The molecule has 1 fully saturated rings. The Kier molecular flexibility index (Phi) is 6.34. The highest BCUT2D eigenvalue weighted by atomic mass is 32.2. The van der Waals surface area contributed by atoms with Gasteiger partial charge in [-0.05, 0) is 25.8 Å². The number of carbonyl (C=O) groups is 1. The van der Waals surface area contributed by atoms with Crippen LogP contribution in [0.3, 0.4) is 0 Å². The van der Waals surface area contributed by atoms with Crippen molar-refractivity contribution in [2.75, 3.05) is 6.61 Å². The van der Waals surface area contributed by atoms with Gasteiger partial charge < -0.3 is 4.74 Å². The Hall–Kier alpha value is -1.48. The minimum absolute atomic E-state index is 0.174. The molecule has 134 valence electrons. The van der Waals surface area contributed by atoms with Gasteiger partial charge in [0.2, 0.25) is 10.0 Å². The molecule has 3 atom stereocenters. The first kappa shape index (κ1) is 18.9. The fraction of sp³-hybridized carbons (Fsp3) is 0.562. The second kappa shape index (κ2) is 8.06. The zero-order chi connectivity index (χ0) is 17.7. The highest BCUT2D eigenvalue weighted by Crippen LogP contribution is 2.23. The van der Waals surface area contributed by atoms with Crippen LogP contribution in [0.5, 0.6) is 0 Å². The van der Waals surface area contributed by atoms with E-state index in [9.17, 15) is 13.2 Å². The van der Waals surface area contributed by atoms with E-state index in [1.807, 2.05) is 38.1 Å². The molecule has 24 heavy (non-hydrogen) atoms. The van der Waals surface area contributed by atoms with E-state index >= 15 is 0 Å². The minimum atomic E-state index is -3.75. The summed E-state index contributed by atoms with van der Waals surface area (Å²) >= 11 is 0. The Bertz CT molecular complexity index is 660. The summed E-state index contributed by atoms with van der Waals surface area (Å²) in [6.45, 7) is 5.95. The second-order valence-electron chi connectivity index (χ2n) is 5.85. The Labute approximate surface area is 143 Å². The SMILES string of the molecule is CCOC(=O)C1C(CC)NNC1S(=O)(=O)NCc1ccc(C)cc1. The molecule has 0 spiro atoms. The largest absolute Gasteiger partial charge is 0.466 e. The maximum atomic E-state index is 12.6. The number of sulfonamides is 1. The molecule has 1 aromatic rings. The van der Waals surface area contributed by atoms with Crippen LogP contribution in [0, 0.1) is 12.8 Å². The van der Waals surface area contributed by atoms with Crippen molar-refractivity contribution in [2.45, 2.75) is 45.2 Å². The van der Waals surface area contributed by atoms with Crippen LogP contribution >= 0.6 is 0 Å². The van der Waals surface area contributed by atoms with Crippen LogP contribution in [0.15, 0.2) is 24.3 Å². The molecule has 3 N–H and O–H groups in total. The van der Waals surface area contributed by atoms with Crippen LogP contribution in [-0.2, 0) is 26.1 Å². The molecular formula is C16H25N3O4S. The summed E-state index contributed by atoms with van der Waals surface area (Å²) in [6, 6.07) is 7.30. The first-order valence-electron chi connectivity index (χ1n) is 8.10. The highest BCUT2D eigenvalue weighted by Gasteiger charge is 2.47. The summed E-state index contributed by atoms with van der Waals surface area (Å²) in [7, 11) is -3.75. The number of aryl methyl sites for hydroxylation is 1. The zero-order valence-electron chi connectivity index (χ0n) is 14.2. The van der Waals surface area contributed by atoms with E-state index in [1.165, 1.54) is 0 Å². The Morgan fingerprint density at radius 2 is 1.88 bits per heavy atom. The van der Waals surface area contributed by atoms with Crippen molar-refractivity contribution in [1.29, 1.82) is 0 Å². The fourth-order valence-corrected chi connectivity index (χ4v) is 4.17. The number of hydrazine groups is 1. The first-order chi connectivity index (χ1) is 11.4. The zero-order valence-corrected chi connectivity index (χ0v) is 15.0. The molecule has 1 aliphatic rings. The topological polar surface area (TPSA) is 96.5 Å². The van der Waals surface area contributed by atoms with Gasteiger partial charge in [0.1, 0.15) is 5.92 Å². The quantitative estimate of drug-likeness (QED) is 0.626. The van der Waals surface area contributed by atoms with Crippen LogP contribution in [-0.4, -0.2) is 32.4 Å². The summed E-state index contributed by atoms with van der Waals surface area (Å²) in [5.41, 5.74) is 7.58. The number of carbonyl (C=O) groups excluding carboxylic acids is 1. The van der Waals surface area contributed by atoms with E-state index < -0.39 is 27.3 Å². The molecule has 8 heteroatoms. The lowest BCUT2D eigenvalue weighted by Crippen LogP contribution is -2.47. The van der Waals surface area contributed by atoms with Crippen LogP contribution in [0.4, 0.5) is 0 Å². The average Bonchev–Trinajstić information content (AvgIpc) is 2.99. The van der Waals surface area contributed by atoms with E-state index in [-0.39, 0.29) is 19.2 Å². The third-order valence-corrected chi connectivity index (χ3v) is 5.73. The third-order valence-electron chi connectivity index (χ3n) is 4.10. The molecule has 1 aliphatic heterocycles. The molecule has 0 radical (unpaired) electrons. The van der Waals surface area contributed by atoms with Gasteiger partial charge in [-0.3, -0.25) is 10.2 Å². The summed E-state index contributed by atoms with van der Waals surface area (Å²) in [5.74, 6) is -1.29. The van der Waals surface area contributed by atoms with Gasteiger partial charge in [-0.15, -0.1) is 0 Å². The van der Waals surface area contributed by atoms with Crippen molar-refractivity contribution in [3.8, 4) is 0 Å². The number of hydrogen-bond donors (Lipinski definition) is 3. The minimum Gasteiger partial charge on any atom is -0.466 e. The lowest BCUT2D eigenvalue weighted by atomic mass is 10.00. The van der Waals surface area contributed by atoms with Gasteiger partial charge in [0.25, 0.3) is 0 Å². The smallest absolute Gasteiger partial charge is 0.313 e. The van der Waals surface area contributed by atoms with Crippen LogP contribution < -0.4 is 15.6 Å². The lowest BCUT2D eigenvalue weighted by molar-refractivity contribution is -0.148. The predicted molar refractivity (Wildman–Crippen MR) is 91.2 cm³/mol. The van der Waals surface area contributed by atoms with Gasteiger partial charge in [-0.1, -0.05) is 36.8 Å². The van der Waals surface area contributed by atoms with Gasteiger partial charge in [0.05, 0.1) is 6.61 Å². The predicted octanol–water partition coefficient (Wildman–Crippen LogP) is 0.806. The van der Waals surface area contributed by atoms with Gasteiger partial charge >= 0.3 is 5.97 Å². The van der Waals surface area contributed by atoms with E-state index in [0.29, 0.717) is 6.42 Å². The molecular weight excluding hydrogens is 330 g/mol. The molecule has 0 bridgehead atoms. The van der Waals surface area contributed by atoms with Crippen LogP contribution in [0.1, 0.15) is 31.4 Å². The molecule has 1 aromatic carbocycles. The van der Waals surface area contributed by atoms with Crippen molar-refractivity contribution < 1.29 is 17.9 Å². The number of rotatable bonds is 7. The number of hydrogen-bond acceptors (Lipinski definition) is 6. The summed E-state index contributed by atoms with van der Waals surface area (Å²) < 4.78 is 32.9. The number of benzene rings is 1. The Balaban J connectivity index is 2.11. The molecule has 7 nitrogen and oxygen atoms in total. The van der Waals surface area contributed by atoms with Gasteiger partial charge in [-0.25, -0.2) is 18.6 Å². The lowest BCUT2D eigenvalue weighted by Gasteiger charge is -2.21. The molecule has 1 heterocycles. The van der Waals surface area contributed by atoms with Crippen molar-refractivity contribution >= 4 is 16.0 Å². The summed E-state index contributed by atoms with van der Waals surface area (Å²) in [4.78, 5) is 12.2. The van der Waals surface area contributed by atoms with Gasteiger partial charge in [-0.2, -0.15) is 0 Å². The van der Waals surface area contributed by atoms with Crippen molar-refractivity contribution in [2.24, 2.45) is 5.92 Å². The van der Waals surface area contributed by atoms with Gasteiger partial charge in [0.15, 0.2) is 5.37 Å². The fourth-order valence-electron chi connectivity index (χ4n) is 2.71. The number of nitrogens with one attached hydrogen (secondary N) is 3. The number of ether oxygens (including phenoxy) is 1. The second-order valence-corrected chi connectivity index (χ2v) is 7.74. The maximum Gasteiger partial charge on any atom is 0.313 e. The van der Waals surface area contributed by atoms with E-state index in [4.69, 9.17) is 4.74 Å². The van der Waals surface area contributed by atoms with Crippen LogP contribution in [0.2, 0.25) is 0 Å². The average molecular weight is 355 g/mol. The van der Waals surface area contributed by atoms with E-state index in [2.05, 4.69) is 15.6 Å². The van der Waals surface area contributed by atoms with Crippen molar-refractivity contribution in [3.05, 3.63) is 35.4 Å². The standard InChI is InChI=1S/C16H25N3O4S/c1-4-13-14(16(20)23-5-2)15(19-18-13)24(21,22)17-10-12-8-6-11(3)7-9-12/h6-9,13-15,17-19H,4-5,10H2,1-3H3. The molecule has 1 saturated heterocycles. The molecule has 2 rings (SSSR count). The molecule has 0 aliphatic carbocycles. The molecule has 0 amide bonds. The van der Waals surface area contributed by atoms with Gasteiger partial charge in [0, 0.05) is 12.6 Å². The third kappa shape index (κ3) is 4.32. The van der Waals surface area contributed by atoms with Crippen LogP contribution in [0.25, 0.3) is 0 Å². The maximum absolute atomic E-state index is 12.6. The Morgan fingerprint density at radius 1 is 1.21 bits per heavy atom. The Morgan fingerprint density at radius 3 is 2.46 bits per heavy atom.